The first kappa shape index (κ1) is 12.0. The van der Waals surface area contributed by atoms with E-state index in [1.165, 1.54) is 4.90 Å². The Bertz CT molecular complexity index is 384. The van der Waals surface area contributed by atoms with Crippen molar-refractivity contribution in [2.75, 3.05) is 0 Å². The van der Waals surface area contributed by atoms with E-state index in [1.807, 2.05) is 0 Å². The molecule has 0 bridgehead atoms. The molecular weight excluding hydrogens is 220 g/mol. The Balaban J connectivity index is 1.97. The van der Waals surface area contributed by atoms with E-state index in [9.17, 15) is 14.4 Å². The molecule has 2 aliphatic rings. The number of hydrogen-bond donors (Lipinski definition) is 0. The summed E-state index contributed by atoms with van der Waals surface area (Å²) in [6.45, 7) is 3.33. The number of likely N-dealkylation sites (tertiary alicyclic amines) is 1. The standard InChI is InChI=1S/C12H16N2O3/c1-12(2)10(16)14(11(12)17)9-5-3-8(4-6-9)13-7-15/h8-9H,3-6H2,1-2H3. The molecule has 5 nitrogen and oxygen atoms in total. The van der Waals surface area contributed by atoms with Gasteiger partial charge in [-0.3, -0.25) is 14.5 Å². The normalized spacial score (nSPS) is 31.8. The van der Waals surface area contributed by atoms with E-state index < -0.39 is 5.41 Å². The second-order valence-electron chi connectivity index (χ2n) is 5.29. The summed E-state index contributed by atoms with van der Waals surface area (Å²) in [7, 11) is 0. The van der Waals surface area contributed by atoms with Gasteiger partial charge in [-0.25, -0.2) is 9.79 Å². The van der Waals surface area contributed by atoms with E-state index in [0.29, 0.717) is 0 Å². The molecule has 2 rings (SSSR count). The maximum Gasteiger partial charge on any atom is 0.244 e. The maximum atomic E-state index is 11.8. The molecule has 0 aromatic rings. The number of rotatable bonds is 2. The molecule has 0 N–H and O–H groups in total. The van der Waals surface area contributed by atoms with Crippen molar-refractivity contribution in [2.45, 2.75) is 51.6 Å². The Morgan fingerprint density at radius 2 is 1.71 bits per heavy atom. The average molecular weight is 236 g/mol. The average Bonchev–Trinajstić information content (AvgIpc) is 2.32. The molecule has 17 heavy (non-hydrogen) atoms. The van der Waals surface area contributed by atoms with Gasteiger partial charge in [0.15, 0.2) is 0 Å². The fraction of sp³-hybridized carbons (Fsp3) is 0.750. The van der Waals surface area contributed by atoms with Gasteiger partial charge in [0.25, 0.3) is 0 Å². The van der Waals surface area contributed by atoms with Crippen LogP contribution in [-0.2, 0) is 14.4 Å². The highest BCUT2D eigenvalue weighted by Gasteiger charge is 2.56. The van der Waals surface area contributed by atoms with Crippen LogP contribution < -0.4 is 0 Å². The molecule has 1 heterocycles. The van der Waals surface area contributed by atoms with Gasteiger partial charge in [-0.2, -0.15) is 0 Å². The molecule has 0 aromatic heterocycles. The summed E-state index contributed by atoms with van der Waals surface area (Å²) in [5.41, 5.74) is -0.836. The van der Waals surface area contributed by atoms with Crippen molar-refractivity contribution in [1.82, 2.24) is 4.90 Å². The van der Waals surface area contributed by atoms with Crippen LogP contribution in [0.3, 0.4) is 0 Å². The molecule has 2 amide bonds. The fourth-order valence-electron chi connectivity index (χ4n) is 2.58. The molecular formula is C12H16N2O3. The Morgan fingerprint density at radius 1 is 1.18 bits per heavy atom. The van der Waals surface area contributed by atoms with Gasteiger partial charge in [0.05, 0.1) is 6.04 Å². The van der Waals surface area contributed by atoms with Crippen molar-refractivity contribution < 1.29 is 14.4 Å². The summed E-state index contributed by atoms with van der Waals surface area (Å²) in [6.07, 6.45) is 4.54. The van der Waals surface area contributed by atoms with Gasteiger partial charge >= 0.3 is 0 Å². The monoisotopic (exact) mass is 236 g/mol. The van der Waals surface area contributed by atoms with Gasteiger partial charge in [-0.1, -0.05) is 0 Å². The predicted octanol–water partition coefficient (Wildman–Crippen LogP) is 1.03. The highest BCUT2D eigenvalue weighted by molar-refractivity contribution is 6.21. The summed E-state index contributed by atoms with van der Waals surface area (Å²) in [5.74, 6) is -0.158. The minimum Gasteiger partial charge on any atom is -0.278 e. The van der Waals surface area contributed by atoms with Gasteiger partial charge in [-0.05, 0) is 39.5 Å². The lowest BCUT2D eigenvalue weighted by Gasteiger charge is -2.47. The van der Waals surface area contributed by atoms with E-state index in [0.717, 1.165) is 25.7 Å². The maximum absolute atomic E-state index is 11.8. The molecule has 1 saturated heterocycles. The number of isocyanates is 1. The molecule has 0 atom stereocenters. The fourth-order valence-corrected chi connectivity index (χ4v) is 2.58. The number of imide groups is 1. The van der Waals surface area contributed by atoms with Gasteiger partial charge in [-0.15, -0.1) is 0 Å². The van der Waals surface area contributed by atoms with E-state index in [2.05, 4.69) is 4.99 Å². The topological polar surface area (TPSA) is 66.8 Å². The summed E-state index contributed by atoms with van der Waals surface area (Å²) >= 11 is 0. The molecule has 1 aliphatic heterocycles. The molecule has 1 aliphatic carbocycles. The zero-order valence-electron chi connectivity index (χ0n) is 10.1. The van der Waals surface area contributed by atoms with E-state index >= 15 is 0 Å². The van der Waals surface area contributed by atoms with Crippen molar-refractivity contribution in [1.29, 1.82) is 0 Å². The number of hydrogen-bond acceptors (Lipinski definition) is 4. The lowest BCUT2D eigenvalue weighted by Crippen LogP contribution is -2.66. The number of β-lactam (4-membered cyclic amide) rings is 2. The van der Waals surface area contributed by atoms with Crippen LogP contribution in [0, 0.1) is 5.41 Å². The minimum absolute atomic E-state index is 0.00104. The molecule has 0 unspecified atom stereocenters. The number of nitrogens with zero attached hydrogens (tertiary/aromatic N) is 2. The molecule has 2 fully saturated rings. The van der Waals surface area contributed by atoms with Crippen molar-refractivity contribution in [3.8, 4) is 0 Å². The van der Waals surface area contributed by atoms with Gasteiger partial charge in [0.2, 0.25) is 17.9 Å². The van der Waals surface area contributed by atoms with Crippen molar-refractivity contribution in [3.05, 3.63) is 0 Å². The smallest absolute Gasteiger partial charge is 0.244 e. The second kappa shape index (κ2) is 4.08. The highest BCUT2D eigenvalue weighted by Crippen LogP contribution is 2.38. The Kier molecular flexibility index (Phi) is 2.87. The Labute approximate surface area is 99.9 Å². The van der Waals surface area contributed by atoms with Crippen LogP contribution in [-0.4, -0.2) is 34.9 Å². The van der Waals surface area contributed by atoms with Crippen LogP contribution in [0.1, 0.15) is 39.5 Å². The van der Waals surface area contributed by atoms with E-state index in [4.69, 9.17) is 0 Å². The van der Waals surface area contributed by atoms with Gasteiger partial charge in [0, 0.05) is 6.04 Å². The Morgan fingerprint density at radius 3 is 2.18 bits per heavy atom. The quantitative estimate of drug-likeness (QED) is 0.311. The molecule has 5 heteroatoms. The van der Waals surface area contributed by atoms with Gasteiger partial charge < -0.3 is 0 Å². The SMILES string of the molecule is CC1(C)C(=O)N(C2CCC(N=C=O)CC2)C1=O. The third kappa shape index (κ3) is 1.80. The minimum atomic E-state index is -0.836. The number of carbonyl (C=O) groups is 2. The first-order chi connectivity index (χ1) is 7.98. The summed E-state index contributed by atoms with van der Waals surface area (Å²) in [6, 6.07) is 0.0179. The van der Waals surface area contributed by atoms with Crippen LogP contribution in [0.25, 0.3) is 0 Å². The van der Waals surface area contributed by atoms with Crippen LogP contribution >= 0.6 is 0 Å². The zero-order chi connectivity index (χ0) is 12.6. The molecule has 0 spiro atoms. The summed E-state index contributed by atoms with van der Waals surface area (Å²) in [4.78, 5) is 38.9. The van der Waals surface area contributed by atoms with Crippen molar-refractivity contribution in [2.24, 2.45) is 10.4 Å². The first-order valence-corrected chi connectivity index (χ1v) is 5.93. The third-order valence-corrected chi connectivity index (χ3v) is 3.77. The predicted molar refractivity (Wildman–Crippen MR) is 59.8 cm³/mol. The lowest BCUT2D eigenvalue weighted by molar-refractivity contribution is -0.178. The first-order valence-electron chi connectivity index (χ1n) is 5.93. The number of amides is 2. The number of aliphatic imine (C=N–C) groups is 1. The molecule has 1 saturated carbocycles. The van der Waals surface area contributed by atoms with Gasteiger partial charge in [0.1, 0.15) is 5.41 Å². The van der Waals surface area contributed by atoms with Crippen molar-refractivity contribution >= 4 is 17.9 Å². The second-order valence-corrected chi connectivity index (χ2v) is 5.29. The molecule has 0 aromatic carbocycles. The number of carbonyl (C=O) groups excluding carboxylic acids is 3. The van der Waals surface area contributed by atoms with Crippen LogP contribution in [0.4, 0.5) is 0 Å². The zero-order valence-corrected chi connectivity index (χ0v) is 10.1. The summed E-state index contributed by atoms with van der Waals surface area (Å²) in [5, 5.41) is 0. The molecule has 92 valence electrons. The van der Waals surface area contributed by atoms with E-state index in [1.54, 1.807) is 19.9 Å². The lowest BCUT2D eigenvalue weighted by atomic mass is 9.78. The van der Waals surface area contributed by atoms with E-state index in [-0.39, 0.29) is 23.9 Å². The third-order valence-electron chi connectivity index (χ3n) is 3.77. The van der Waals surface area contributed by atoms with Crippen molar-refractivity contribution in [3.63, 3.8) is 0 Å². The van der Waals surface area contributed by atoms with Crippen LogP contribution in [0.2, 0.25) is 0 Å². The molecule has 0 radical (unpaired) electrons. The van der Waals surface area contributed by atoms with Crippen LogP contribution in [0.5, 0.6) is 0 Å². The largest absolute Gasteiger partial charge is 0.278 e. The highest BCUT2D eigenvalue weighted by atomic mass is 16.2. The van der Waals surface area contributed by atoms with Crippen LogP contribution in [0.15, 0.2) is 4.99 Å². The Hall–Kier alpha value is -1.48. The summed E-state index contributed by atoms with van der Waals surface area (Å²) < 4.78 is 0.